The Kier molecular flexibility index (Phi) is 16.8. The van der Waals surface area contributed by atoms with Gasteiger partial charge in [-0.2, -0.15) is 17.0 Å². The lowest BCUT2D eigenvalue weighted by atomic mass is 10.1. The summed E-state index contributed by atoms with van der Waals surface area (Å²) in [6.07, 6.45) is -3.07. The fourth-order valence-electron chi connectivity index (χ4n) is 4.17. The highest BCUT2D eigenvalue weighted by atomic mass is 127. The molecule has 0 aliphatic carbocycles. The molecule has 4 aliphatic heterocycles. The van der Waals surface area contributed by atoms with Crippen LogP contribution in [0.5, 0.6) is 0 Å². The third-order valence-electron chi connectivity index (χ3n) is 5.72. The highest BCUT2D eigenvalue weighted by molar-refractivity contribution is 7.99. The molecule has 24 heteroatoms. The highest BCUT2D eigenvalue weighted by Crippen LogP contribution is 2.35. The summed E-state index contributed by atoms with van der Waals surface area (Å²) in [4.78, 5) is 29.4. The van der Waals surface area contributed by atoms with Crippen LogP contribution in [0.3, 0.4) is 0 Å². The van der Waals surface area contributed by atoms with Gasteiger partial charge in [-0.3, -0.25) is 10.3 Å². The third kappa shape index (κ3) is 12.3. The van der Waals surface area contributed by atoms with E-state index in [-0.39, 0.29) is 45.9 Å². The lowest BCUT2D eigenvalue weighted by Gasteiger charge is -2.15. The van der Waals surface area contributed by atoms with Crippen LogP contribution >= 0.6 is 11.8 Å². The number of halogens is 1. The van der Waals surface area contributed by atoms with Crippen molar-refractivity contribution in [1.82, 2.24) is 0 Å². The van der Waals surface area contributed by atoms with Gasteiger partial charge >= 0.3 is 20.1 Å². The Morgan fingerprint density at radius 2 is 1.40 bits per heavy atom. The Labute approximate surface area is 252 Å². The first kappa shape index (κ1) is 38.5. The average molecular weight is 772 g/mol. The van der Waals surface area contributed by atoms with Crippen molar-refractivity contribution >= 4 is 21.6 Å². The van der Waals surface area contributed by atoms with Crippen LogP contribution in [0, 0.1) is 31.6 Å². The van der Waals surface area contributed by atoms with Gasteiger partial charge in [-0.1, -0.05) is 13.8 Å². The maximum atomic E-state index is 11.7. The summed E-state index contributed by atoms with van der Waals surface area (Å²) in [5.41, 5.74) is 0. The number of thioether (sulfide) groups is 1. The fraction of sp³-hybridized carbons (Fsp3) is 0.944. The van der Waals surface area contributed by atoms with Crippen molar-refractivity contribution in [2.75, 3.05) is 37.9 Å². The topological polar surface area (TPSA) is 307 Å². The number of hydrogen-bond acceptors (Lipinski definition) is 20. The van der Waals surface area contributed by atoms with Crippen LogP contribution in [0.4, 0.5) is 0 Å². The molecule has 1 N–H and O–H groups in total. The summed E-state index contributed by atoms with van der Waals surface area (Å²) in [6.45, 7) is 5.86. The first-order valence-electron chi connectivity index (χ1n) is 11.8. The van der Waals surface area contributed by atoms with Crippen LogP contribution in [0.1, 0.15) is 23.6 Å². The van der Waals surface area contributed by atoms with E-state index in [2.05, 4.69) is 24.9 Å². The summed E-state index contributed by atoms with van der Waals surface area (Å²) >= 11 is -3.98. The molecule has 0 aromatic carbocycles. The van der Waals surface area contributed by atoms with Gasteiger partial charge in [0.1, 0.15) is 29.7 Å². The second kappa shape index (κ2) is 18.4. The van der Waals surface area contributed by atoms with E-state index in [1.54, 1.807) is 24.8 Å². The van der Waals surface area contributed by atoms with Crippen molar-refractivity contribution in [2.45, 2.75) is 67.9 Å². The van der Waals surface area contributed by atoms with Crippen molar-refractivity contribution in [3.63, 3.8) is 0 Å². The second-order valence-electron chi connectivity index (χ2n) is 8.15. The largest absolute Gasteiger partial charge is 0.426 e. The van der Waals surface area contributed by atoms with Gasteiger partial charge < -0.3 is 28.6 Å². The zero-order chi connectivity index (χ0) is 32.1. The summed E-state index contributed by atoms with van der Waals surface area (Å²) in [6, 6.07) is 1.75. The summed E-state index contributed by atoms with van der Waals surface area (Å²) in [5, 5.41) is 35.3. The zero-order valence-corrected chi connectivity index (χ0v) is 26.1. The Morgan fingerprint density at radius 3 is 1.81 bits per heavy atom. The van der Waals surface area contributed by atoms with Gasteiger partial charge in [-0.05, 0) is 5.75 Å². The average Bonchev–Trinajstić information content (AvgIpc) is 3.65. The van der Waals surface area contributed by atoms with E-state index in [0.717, 1.165) is 5.75 Å². The molecule has 0 saturated carbocycles. The van der Waals surface area contributed by atoms with Gasteiger partial charge in [0.2, 0.25) is 3.22 Å². The van der Waals surface area contributed by atoms with Gasteiger partial charge in [0.25, 0.3) is 10.2 Å². The lowest BCUT2D eigenvalue weighted by molar-refractivity contribution is -1.93. The van der Waals surface area contributed by atoms with Crippen LogP contribution in [-0.4, -0.2) is 109 Å². The second-order valence-corrected chi connectivity index (χ2v) is 14.7. The predicted molar refractivity (Wildman–Crippen MR) is 128 cm³/mol. The Bertz CT molecular complexity index is 1010. The maximum Gasteiger partial charge on any atom is 0.426 e. The molecule has 21 nitrogen and oxygen atoms in total. The molecule has 4 saturated heterocycles. The van der Waals surface area contributed by atoms with Crippen molar-refractivity contribution in [3.05, 3.63) is 20.2 Å². The predicted octanol–water partition coefficient (Wildman–Crippen LogP) is -6.02. The van der Waals surface area contributed by atoms with E-state index in [4.69, 9.17) is 29.5 Å². The van der Waals surface area contributed by atoms with E-state index in [1.807, 2.05) is 0 Å². The zero-order valence-electron chi connectivity index (χ0n) is 22.3. The van der Waals surface area contributed by atoms with Crippen LogP contribution in [0.15, 0.2) is 0 Å². The molecule has 0 aromatic heterocycles. The first-order chi connectivity index (χ1) is 19.6. The molecule has 4 aliphatic rings. The van der Waals surface area contributed by atoms with E-state index < -0.39 is 69.8 Å². The van der Waals surface area contributed by atoms with Crippen molar-refractivity contribution < 1.29 is 94.0 Å². The van der Waals surface area contributed by atoms with E-state index in [9.17, 15) is 39.0 Å². The normalized spacial score (nSPS) is 31.0. The Balaban J connectivity index is 0. The molecule has 4 heterocycles. The van der Waals surface area contributed by atoms with Crippen molar-refractivity contribution in [2.24, 2.45) is 0 Å². The quantitative estimate of drug-likeness (QED) is 0.0935. The molecule has 4 fully saturated rings. The molecule has 0 amide bonds. The molecule has 0 unspecified atom stereocenters. The van der Waals surface area contributed by atoms with Crippen molar-refractivity contribution in [1.29, 1.82) is 5.26 Å². The van der Waals surface area contributed by atoms with E-state index in [1.165, 1.54) is 6.92 Å². The SMILES string of the molecule is CC#N.CCS(=O)(=O)[C@H]1CO[C@H]2[C@@H]1OC[C@H]2O[N+](=O)[O-].CCS[C@H]1CO[C@H]2[C@@H]1OC[C@H]2O[N+](=O)[O-].[HH].[HH].[O-][I+3]([O-])([O-])OOO. The number of sulfone groups is 1. The number of hydrogen-bond donors (Lipinski definition) is 1. The molecular formula is C18H34IN3O18S2. The molecule has 0 radical (unpaired) electrons. The smallest absolute Gasteiger partial charge is 0.372 e. The molecule has 4 rings (SSSR count). The molecule has 8 atom stereocenters. The van der Waals surface area contributed by atoms with Crippen LogP contribution in [0.2, 0.25) is 0 Å². The molecule has 0 aromatic rings. The van der Waals surface area contributed by atoms with Crippen molar-refractivity contribution in [3.8, 4) is 6.07 Å². The Hall–Kier alpha value is -1.48. The monoisotopic (exact) mass is 771 g/mol. The van der Waals surface area contributed by atoms with E-state index in [0.29, 0.717) is 6.61 Å². The van der Waals surface area contributed by atoms with Crippen LogP contribution < -0.4 is 30.4 Å². The summed E-state index contributed by atoms with van der Waals surface area (Å²) < 4.78 is 75.5. The number of rotatable bonds is 10. The van der Waals surface area contributed by atoms with E-state index >= 15 is 0 Å². The Morgan fingerprint density at radius 1 is 0.952 bits per heavy atom. The van der Waals surface area contributed by atoms with Gasteiger partial charge in [-0.15, -0.1) is 20.2 Å². The minimum Gasteiger partial charge on any atom is -0.372 e. The lowest BCUT2D eigenvalue weighted by Crippen LogP contribution is -4.24. The van der Waals surface area contributed by atoms with Crippen LogP contribution in [0.25, 0.3) is 0 Å². The van der Waals surface area contributed by atoms with Gasteiger partial charge in [0.05, 0.1) is 37.7 Å². The third-order valence-corrected chi connectivity index (χ3v) is 9.62. The number of ether oxygens (including phenoxy) is 4. The number of nitriles is 1. The van der Waals surface area contributed by atoms with Gasteiger partial charge in [-0.25, -0.2) is 13.7 Å². The summed E-state index contributed by atoms with van der Waals surface area (Å²) in [5.74, 6) is 0.982. The van der Waals surface area contributed by atoms with Crippen LogP contribution in [-0.2, 0) is 46.7 Å². The minimum absolute atomic E-state index is 0. The molecule has 0 bridgehead atoms. The minimum atomic E-state index is -5.74. The standard InChI is InChI=1S/C8H13NO7S.C8H13NO5S.C2H3N.HIO6.2H2/c1-2-17(12,13)6-4-15-7-5(16-9(10)11)3-14-8(6)7;1-2-15-6-4-13-7-5(14-9(10)11)3-12-8(6)7;1-2-3;2-1(3,4)6-7-5;;/h5-8H,2-4H2,1H3;5-8H,2-4H2,1H3;1H3;5H;2*1H/t2*5-,6+,7-,8-;;;;/m11..../s1. The van der Waals surface area contributed by atoms with Gasteiger partial charge in [0, 0.05) is 20.6 Å². The number of nitrogens with zero attached hydrogens (tertiary/aromatic N) is 3. The number of fused-ring (bicyclic) bond motifs is 2. The molecule has 248 valence electrons. The van der Waals surface area contributed by atoms with Gasteiger partial charge in [0.15, 0.2) is 22.0 Å². The first-order valence-corrected chi connectivity index (χ1v) is 18.1. The molecule has 0 spiro atoms. The fourth-order valence-corrected chi connectivity index (χ4v) is 6.75. The maximum absolute atomic E-state index is 11.7. The molecular weight excluding hydrogens is 737 g/mol. The molecule has 42 heavy (non-hydrogen) atoms. The highest BCUT2D eigenvalue weighted by Gasteiger charge is 2.53. The summed E-state index contributed by atoms with van der Waals surface area (Å²) in [7, 11) is -3.28.